The van der Waals surface area contributed by atoms with Gasteiger partial charge in [-0.2, -0.15) is 0 Å². The molecule has 0 aromatic heterocycles. The summed E-state index contributed by atoms with van der Waals surface area (Å²) in [5, 5.41) is 8.81. The zero-order valence-corrected chi connectivity index (χ0v) is 8.70. The number of carboxylic acid groups (broad SMARTS) is 1. The number of carbonyl (C=O) groups is 2. The first-order chi connectivity index (χ1) is 7.54. The number of hydrogen-bond donors (Lipinski definition) is 1. The van der Waals surface area contributed by atoms with Crippen LogP contribution in [0.5, 0.6) is 0 Å². The number of aromatic carboxylic acids is 1. The summed E-state index contributed by atoms with van der Waals surface area (Å²) in [6.45, 7) is 1.88. The molecule has 86 valence electrons. The van der Waals surface area contributed by atoms with E-state index in [9.17, 15) is 14.0 Å². The first kappa shape index (κ1) is 12.2. The molecule has 0 aliphatic heterocycles. The van der Waals surface area contributed by atoms with Crippen LogP contribution in [-0.4, -0.2) is 23.7 Å². The molecule has 0 radical (unpaired) electrons. The number of rotatable bonds is 4. The van der Waals surface area contributed by atoms with E-state index in [1.807, 2.05) is 0 Å². The molecule has 5 heteroatoms. The Morgan fingerprint density at radius 3 is 2.69 bits per heavy atom. The van der Waals surface area contributed by atoms with Crippen molar-refractivity contribution in [1.29, 1.82) is 0 Å². The van der Waals surface area contributed by atoms with Gasteiger partial charge in [-0.3, -0.25) is 4.79 Å². The normalized spacial score (nSPS) is 9.88. The summed E-state index contributed by atoms with van der Waals surface area (Å²) in [7, 11) is 0. The zero-order chi connectivity index (χ0) is 12.1. The summed E-state index contributed by atoms with van der Waals surface area (Å²) in [5.74, 6) is -2.44. The van der Waals surface area contributed by atoms with E-state index in [1.54, 1.807) is 6.92 Å². The molecule has 1 N–H and O–H groups in total. The van der Waals surface area contributed by atoms with Crippen LogP contribution < -0.4 is 0 Å². The van der Waals surface area contributed by atoms with Crippen molar-refractivity contribution >= 4 is 11.9 Å². The molecule has 0 saturated carbocycles. The van der Waals surface area contributed by atoms with Gasteiger partial charge in [-0.1, -0.05) is 6.07 Å². The highest BCUT2D eigenvalue weighted by Gasteiger charge is 2.14. The topological polar surface area (TPSA) is 63.6 Å². The molecule has 0 amide bonds. The van der Waals surface area contributed by atoms with Gasteiger partial charge in [0.2, 0.25) is 0 Å². The van der Waals surface area contributed by atoms with E-state index < -0.39 is 17.8 Å². The molecule has 0 aliphatic rings. The molecule has 0 atom stereocenters. The van der Waals surface area contributed by atoms with Gasteiger partial charge < -0.3 is 9.84 Å². The minimum Gasteiger partial charge on any atom is -0.478 e. The van der Waals surface area contributed by atoms with E-state index in [0.29, 0.717) is 0 Å². The van der Waals surface area contributed by atoms with Crippen LogP contribution in [0.15, 0.2) is 18.2 Å². The third-order valence-electron chi connectivity index (χ3n) is 1.94. The van der Waals surface area contributed by atoms with Crippen molar-refractivity contribution in [2.24, 2.45) is 0 Å². The first-order valence-corrected chi connectivity index (χ1v) is 4.72. The van der Waals surface area contributed by atoms with Gasteiger partial charge in [-0.15, -0.1) is 0 Å². The van der Waals surface area contributed by atoms with Crippen molar-refractivity contribution in [3.05, 3.63) is 35.1 Å². The third-order valence-corrected chi connectivity index (χ3v) is 1.94. The summed E-state index contributed by atoms with van der Waals surface area (Å²) in [4.78, 5) is 22.0. The van der Waals surface area contributed by atoms with E-state index in [2.05, 4.69) is 4.74 Å². The Bertz CT molecular complexity index is 414. The Labute approximate surface area is 91.7 Å². The lowest BCUT2D eigenvalue weighted by Crippen LogP contribution is -2.11. The van der Waals surface area contributed by atoms with Gasteiger partial charge in [-0.05, 0) is 24.6 Å². The molecule has 1 aromatic rings. The Morgan fingerprint density at radius 1 is 1.44 bits per heavy atom. The van der Waals surface area contributed by atoms with E-state index in [4.69, 9.17) is 5.11 Å². The predicted octanol–water partition coefficient (Wildman–Crippen LogP) is 1.63. The smallest absolute Gasteiger partial charge is 0.336 e. The number of halogens is 1. The Hall–Kier alpha value is -1.91. The van der Waals surface area contributed by atoms with Crippen LogP contribution in [-0.2, 0) is 16.0 Å². The van der Waals surface area contributed by atoms with Gasteiger partial charge in [0.25, 0.3) is 0 Å². The first-order valence-electron chi connectivity index (χ1n) is 4.72. The monoisotopic (exact) mass is 226 g/mol. The predicted molar refractivity (Wildman–Crippen MR) is 53.7 cm³/mol. The minimum absolute atomic E-state index is 0.171. The summed E-state index contributed by atoms with van der Waals surface area (Å²) in [6, 6.07) is 3.27. The standard InChI is InChI=1S/C11H11FO4/c1-2-16-10(13)5-7-3-4-8(12)6-9(7)11(14)15/h3-4,6H,2,5H2,1H3,(H,14,15). The van der Waals surface area contributed by atoms with Crippen LogP contribution in [0.2, 0.25) is 0 Å². The number of ether oxygens (including phenoxy) is 1. The molecule has 0 unspecified atom stereocenters. The molecule has 0 aliphatic carbocycles. The second kappa shape index (κ2) is 5.25. The molecule has 0 fully saturated rings. The average molecular weight is 226 g/mol. The summed E-state index contributed by atoms with van der Waals surface area (Å²) >= 11 is 0. The van der Waals surface area contributed by atoms with Gasteiger partial charge in [0.1, 0.15) is 5.82 Å². The zero-order valence-electron chi connectivity index (χ0n) is 8.70. The molecule has 1 aromatic carbocycles. The maximum Gasteiger partial charge on any atom is 0.336 e. The highest BCUT2D eigenvalue weighted by molar-refractivity contribution is 5.91. The van der Waals surface area contributed by atoms with Gasteiger partial charge in [-0.25, -0.2) is 9.18 Å². The van der Waals surface area contributed by atoms with Crippen molar-refractivity contribution < 1.29 is 23.8 Å². The van der Waals surface area contributed by atoms with Crippen LogP contribution in [0.3, 0.4) is 0 Å². The number of hydrogen-bond acceptors (Lipinski definition) is 3. The largest absolute Gasteiger partial charge is 0.478 e. The SMILES string of the molecule is CCOC(=O)Cc1ccc(F)cc1C(=O)O. The molecule has 4 nitrogen and oxygen atoms in total. The van der Waals surface area contributed by atoms with E-state index in [0.717, 1.165) is 12.1 Å². The van der Waals surface area contributed by atoms with Crippen molar-refractivity contribution in [2.45, 2.75) is 13.3 Å². The van der Waals surface area contributed by atoms with Gasteiger partial charge >= 0.3 is 11.9 Å². The van der Waals surface area contributed by atoms with Gasteiger partial charge in [0.15, 0.2) is 0 Å². The fourth-order valence-corrected chi connectivity index (χ4v) is 1.27. The summed E-state index contributed by atoms with van der Waals surface area (Å²) in [5.41, 5.74) is 0.0282. The minimum atomic E-state index is -1.27. The third kappa shape index (κ3) is 3.05. The summed E-state index contributed by atoms with van der Waals surface area (Å²) in [6.07, 6.45) is -0.171. The van der Waals surface area contributed by atoms with Crippen LogP contribution in [0, 0.1) is 5.82 Å². The van der Waals surface area contributed by atoms with Gasteiger partial charge in [0, 0.05) is 0 Å². The van der Waals surface area contributed by atoms with E-state index in [-0.39, 0.29) is 24.2 Å². The maximum absolute atomic E-state index is 12.8. The Balaban J connectivity index is 2.95. The van der Waals surface area contributed by atoms with Crippen LogP contribution in [0.4, 0.5) is 4.39 Å². The fourth-order valence-electron chi connectivity index (χ4n) is 1.27. The molecule has 0 saturated heterocycles. The molecule has 16 heavy (non-hydrogen) atoms. The van der Waals surface area contributed by atoms with Gasteiger partial charge in [0.05, 0.1) is 18.6 Å². The highest BCUT2D eigenvalue weighted by Crippen LogP contribution is 2.12. The molecule has 0 heterocycles. The second-order valence-corrected chi connectivity index (χ2v) is 3.09. The average Bonchev–Trinajstić information content (AvgIpc) is 2.20. The van der Waals surface area contributed by atoms with Crippen molar-refractivity contribution in [3.63, 3.8) is 0 Å². The van der Waals surface area contributed by atoms with Crippen molar-refractivity contribution in [3.8, 4) is 0 Å². The molecule has 0 spiro atoms. The number of carbonyl (C=O) groups excluding carboxylic acids is 1. The number of benzene rings is 1. The number of carboxylic acids is 1. The van der Waals surface area contributed by atoms with Crippen molar-refractivity contribution in [2.75, 3.05) is 6.61 Å². The van der Waals surface area contributed by atoms with Crippen LogP contribution in [0.25, 0.3) is 0 Å². The second-order valence-electron chi connectivity index (χ2n) is 3.09. The lowest BCUT2D eigenvalue weighted by Gasteiger charge is -2.05. The van der Waals surface area contributed by atoms with E-state index in [1.165, 1.54) is 6.07 Å². The Kier molecular flexibility index (Phi) is 3.99. The van der Waals surface area contributed by atoms with Crippen molar-refractivity contribution in [1.82, 2.24) is 0 Å². The van der Waals surface area contributed by atoms with E-state index >= 15 is 0 Å². The highest BCUT2D eigenvalue weighted by atomic mass is 19.1. The molecular formula is C11H11FO4. The van der Waals surface area contributed by atoms with Crippen LogP contribution >= 0.6 is 0 Å². The lowest BCUT2D eigenvalue weighted by atomic mass is 10.0. The quantitative estimate of drug-likeness (QED) is 0.792. The Morgan fingerprint density at radius 2 is 2.12 bits per heavy atom. The lowest BCUT2D eigenvalue weighted by molar-refractivity contribution is -0.142. The van der Waals surface area contributed by atoms with Crippen LogP contribution in [0.1, 0.15) is 22.8 Å². The molecule has 1 rings (SSSR count). The molecular weight excluding hydrogens is 215 g/mol. The summed E-state index contributed by atoms with van der Waals surface area (Å²) < 4.78 is 17.5. The molecule has 0 bridgehead atoms. The fraction of sp³-hybridized carbons (Fsp3) is 0.273. The maximum atomic E-state index is 12.8. The number of esters is 1.